The van der Waals surface area contributed by atoms with E-state index in [9.17, 15) is 4.79 Å². The predicted molar refractivity (Wildman–Crippen MR) is 86.5 cm³/mol. The first-order valence-corrected chi connectivity index (χ1v) is 7.64. The minimum atomic E-state index is -0.223. The molecule has 7 heteroatoms. The number of amides is 1. The van der Waals surface area contributed by atoms with E-state index in [1.807, 2.05) is 19.9 Å². The Labute approximate surface area is 139 Å². The molecule has 0 radical (unpaired) electrons. The third kappa shape index (κ3) is 3.05. The summed E-state index contributed by atoms with van der Waals surface area (Å²) in [5.41, 5.74) is 3.53. The summed E-state index contributed by atoms with van der Waals surface area (Å²) in [7, 11) is 0. The van der Waals surface area contributed by atoms with Crippen LogP contribution in [0.5, 0.6) is 0 Å². The van der Waals surface area contributed by atoms with E-state index in [-0.39, 0.29) is 5.91 Å². The average Bonchev–Trinajstić information content (AvgIpc) is 3.12. The van der Waals surface area contributed by atoms with E-state index in [1.165, 1.54) is 0 Å². The number of hydrogen-bond donors (Lipinski definition) is 1. The van der Waals surface area contributed by atoms with Crippen molar-refractivity contribution in [1.29, 1.82) is 0 Å². The first-order valence-electron chi connectivity index (χ1n) is 7.64. The molecule has 0 unspecified atom stereocenters. The summed E-state index contributed by atoms with van der Waals surface area (Å²) in [6.07, 6.45) is 3.97. The highest BCUT2D eigenvalue weighted by molar-refractivity contribution is 6.00. The summed E-state index contributed by atoms with van der Waals surface area (Å²) in [6, 6.07) is 3.63. The van der Waals surface area contributed by atoms with Crippen LogP contribution < -0.4 is 5.32 Å². The maximum absolute atomic E-state index is 12.5. The van der Waals surface area contributed by atoms with E-state index in [4.69, 9.17) is 9.05 Å². The van der Waals surface area contributed by atoms with Crippen LogP contribution in [0.3, 0.4) is 0 Å². The lowest BCUT2D eigenvalue weighted by atomic mass is 10.1. The molecule has 7 nitrogen and oxygen atoms in total. The van der Waals surface area contributed by atoms with E-state index >= 15 is 0 Å². The molecular weight excluding hydrogens is 308 g/mol. The lowest BCUT2D eigenvalue weighted by Gasteiger charge is -2.05. The van der Waals surface area contributed by atoms with Crippen LogP contribution in [0.4, 0.5) is 0 Å². The zero-order chi connectivity index (χ0) is 17.1. The Kier molecular flexibility index (Phi) is 4.41. The molecule has 0 atom stereocenters. The Balaban J connectivity index is 1.73. The van der Waals surface area contributed by atoms with Crippen LogP contribution >= 0.6 is 0 Å². The summed E-state index contributed by atoms with van der Waals surface area (Å²) in [5.74, 6) is 1.03. The minimum absolute atomic E-state index is 0.223. The van der Waals surface area contributed by atoms with Crippen LogP contribution in [0.1, 0.15) is 33.1 Å². The lowest BCUT2D eigenvalue weighted by molar-refractivity contribution is 0.0953. The van der Waals surface area contributed by atoms with Gasteiger partial charge in [0.1, 0.15) is 22.8 Å². The molecule has 1 N–H and O–H groups in total. The van der Waals surface area contributed by atoms with Crippen LogP contribution in [0, 0.1) is 20.8 Å². The van der Waals surface area contributed by atoms with Gasteiger partial charge in [0.25, 0.3) is 5.91 Å². The SMILES string of the molecule is Cc1noc(C)c1CCNC(=O)c1c(-c2cccnc2)noc1C. The number of aromatic nitrogens is 3. The molecule has 0 fully saturated rings. The average molecular weight is 326 g/mol. The maximum atomic E-state index is 12.5. The van der Waals surface area contributed by atoms with Crippen LogP contribution in [-0.4, -0.2) is 27.7 Å². The molecule has 24 heavy (non-hydrogen) atoms. The molecule has 0 spiro atoms. The zero-order valence-corrected chi connectivity index (χ0v) is 13.8. The Hall–Kier alpha value is -2.96. The fraction of sp³-hybridized carbons (Fsp3) is 0.294. The largest absolute Gasteiger partial charge is 0.361 e. The minimum Gasteiger partial charge on any atom is -0.361 e. The molecule has 3 aromatic heterocycles. The predicted octanol–water partition coefficient (Wildman–Crippen LogP) is 2.62. The van der Waals surface area contributed by atoms with Gasteiger partial charge in [0, 0.05) is 30.1 Å². The lowest BCUT2D eigenvalue weighted by Crippen LogP contribution is -2.26. The van der Waals surface area contributed by atoms with Crippen molar-refractivity contribution >= 4 is 5.91 Å². The van der Waals surface area contributed by atoms with Crippen molar-refractivity contribution in [2.24, 2.45) is 0 Å². The highest BCUT2D eigenvalue weighted by Crippen LogP contribution is 2.24. The first kappa shape index (κ1) is 15.9. The quantitative estimate of drug-likeness (QED) is 0.774. The summed E-state index contributed by atoms with van der Waals surface area (Å²) in [6.45, 7) is 5.94. The highest BCUT2D eigenvalue weighted by Gasteiger charge is 2.21. The number of rotatable bonds is 5. The maximum Gasteiger partial charge on any atom is 0.257 e. The molecule has 0 saturated heterocycles. The van der Waals surface area contributed by atoms with Gasteiger partial charge in [-0.3, -0.25) is 9.78 Å². The Morgan fingerprint density at radius 3 is 2.62 bits per heavy atom. The van der Waals surface area contributed by atoms with E-state index in [2.05, 4.69) is 20.6 Å². The van der Waals surface area contributed by atoms with Crippen molar-refractivity contribution in [2.45, 2.75) is 27.2 Å². The molecule has 124 valence electrons. The second-order valence-electron chi connectivity index (χ2n) is 5.51. The van der Waals surface area contributed by atoms with Gasteiger partial charge in [0.2, 0.25) is 0 Å². The second kappa shape index (κ2) is 6.66. The van der Waals surface area contributed by atoms with E-state index in [1.54, 1.807) is 25.4 Å². The van der Waals surface area contributed by atoms with Crippen LogP contribution in [0.2, 0.25) is 0 Å². The molecule has 3 rings (SSSR count). The van der Waals surface area contributed by atoms with E-state index < -0.39 is 0 Å². The summed E-state index contributed by atoms with van der Waals surface area (Å²) >= 11 is 0. The summed E-state index contributed by atoms with van der Waals surface area (Å²) < 4.78 is 10.3. The number of nitrogens with zero attached hydrogens (tertiary/aromatic N) is 3. The van der Waals surface area contributed by atoms with E-state index in [0.717, 1.165) is 22.6 Å². The smallest absolute Gasteiger partial charge is 0.257 e. The standard InChI is InChI=1S/C17H18N4O3/c1-10-14(11(2)23-20-10)6-8-19-17(22)15-12(3)24-21-16(15)13-5-4-7-18-9-13/h4-5,7,9H,6,8H2,1-3H3,(H,19,22). The normalized spacial score (nSPS) is 10.8. The van der Waals surface area contributed by atoms with Gasteiger partial charge in [-0.15, -0.1) is 0 Å². The van der Waals surface area contributed by atoms with Gasteiger partial charge in [0.05, 0.1) is 5.69 Å². The molecule has 0 bridgehead atoms. The molecule has 0 aliphatic heterocycles. The fourth-order valence-electron chi connectivity index (χ4n) is 2.59. The van der Waals surface area contributed by atoms with Crippen molar-refractivity contribution in [3.05, 3.63) is 52.9 Å². The van der Waals surface area contributed by atoms with Gasteiger partial charge < -0.3 is 14.4 Å². The first-order chi connectivity index (χ1) is 11.6. The molecule has 0 aromatic carbocycles. The van der Waals surface area contributed by atoms with Crippen molar-refractivity contribution in [3.8, 4) is 11.3 Å². The van der Waals surface area contributed by atoms with Gasteiger partial charge in [-0.25, -0.2) is 0 Å². The summed E-state index contributed by atoms with van der Waals surface area (Å²) in [4.78, 5) is 16.6. The van der Waals surface area contributed by atoms with Gasteiger partial charge in [-0.1, -0.05) is 10.3 Å². The van der Waals surface area contributed by atoms with Crippen molar-refractivity contribution in [2.75, 3.05) is 6.54 Å². The fourth-order valence-corrected chi connectivity index (χ4v) is 2.59. The number of carbonyl (C=O) groups excluding carboxylic acids is 1. The van der Waals surface area contributed by atoms with Gasteiger partial charge in [-0.2, -0.15) is 0 Å². The molecule has 1 amide bonds. The number of aryl methyl sites for hydroxylation is 3. The molecule has 3 aromatic rings. The number of carbonyl (C=O) groups is 1. The zero-order valence-electron chi connectivity index (χ0n) is 13.8. The van der Waals surface area contributed by atoms with Crippen LogP contribution in [-0.2, 0) is 6.42 Å². The Morgan fingerprint density at radius 1 is 1.17 bits per heavy atom. The van der Waals surface area contributed by atoms with Crippen molar-refractivity contribution in [1.82, 2.24) is 20.6 Å². The molecular formula is C17H18N4O3. The third-order valence-corrected chi connectivity index (χ3v) is 3.87. The van der Waals surface area contributed by atoms with Gasteiger partial charge in [0.15, 0.2) is 0 Å². The number of nitrogens with one attached hydrogen (secondary N) is 1. The van der Waals surface area contributed by atoms with Crippen LogP contribution in [0.25, 0.3) is 11.3 Å². The third-order valence-electron chi connectivity index (χ3n) is 3.87. The van der Waals surface area contributed by atoms with Gasteiger partial charge >= 0.3 is 0 Å². The van der Waals surface area contributed by atoms with Crippen LogP contribution in [0.15, 0.2) is 33.6 Å². The molecule has 3 heterocycles. The van der Waals surface area contributed by atoms with Crippen molar-refractivity contribution in [3.63, 3.8) is 0 Å². The second-order valence-corrected chi connectivity index (χ2v) is 5.51. The molecule has 0 aliphatic carbocycles. The van der Waals surface area contributed by atoms with E-state index in [0.29, 0.717) is 30.0 Å². The Morgan fingerprint density at radius 2 is 1.96 bits per heavy atom. The monoisotopic (exact) mass is 326 g/mol. The van der Waals surface area contributed by atoms with Gasteiger partial charge in [-0.05, 0) is 39.3 Å². The Bertz CT molecular complexity index is 833. The van der Waals surface area contributed by atoms with Crippen molar-refractivity contribution < 1.29 is 13.8 Å². The molecule has 0 saturated carbocycles. The number of hydrogen-bond acceptors (Lipinski definition) is 6. The molecule has 0 aliphatic rings. The topological polar surface area (TPSA) is 94.1 Å². The highest BCUT2D eigenvalue weighted by atomic mass is 16.5. The summed E-state index contributed by atoms with van der Waals surface area (Å²) in [5, 5.41) is 10.8. The number of pyridine rings is 1.